The van der Waals surface area contributed by atoms with Gasteiger partial charge in [-0.3, -0.25) is 14.4 Å². The third kappa shape index (κ3) is 5.32. The average molecular weight is 633 g/mol. The van der Waals surface area contributed by atoms with Crippen LogP contribution in [0.25, 0.3) is 0 Å². The second-order valence-corrected chi connectivity index (χ2v) is 13.5. The van der Waals surface area contributed by atoms with Gasteiger partial charge in [0.25, 0.3) is 6.43 Å². The summed E-state index contributed by atoms with van der Waals surface area (Å²) in [6.45, 7) is 2.87. The SMILES string of the molecule is CNC(=O)[C@]1(C)CCCC[C@@H]1C(=O)N1CCc2c(Cl)ccc(OCc3nnn(C)c3C(F)F)c2[C@@H]1CN1CC2(CC2)CC1=O. The Morgan fingerprint density at radius 1 is 1.23 bits per heavy atom. The van der Waals surface area contributed by atoms with E-state index in [1.807, 2.05) is 11.8 Å². The van der Waals surface area contributed by atoms with Gasteiger partial charge in [0.1, 0.15) is 23.7 Å². The highest BCUT2D eigenvalue weighted by Crippen LogP contribution is 2.54. The van der Waals surface area contributed by atoms with E-state index < -0.39 is 23.8 Å². The molecule has 3 fully saturated rings. The summed E-state index contributed by atoms with van der Waals surface area (Å²) in [5, 5.41) is 10.9. The summed E-state index contributed by atoms with van der Waals surface area (Å²) in [6.07, 6.45) is 3.09. The molecule has 2 saturated carbocycles. The fourth-order valence-electron chi connectivity index (χ4n) is 7.64. The minimum Gasteiger partial charge on any atom is -0.487 e. The van der Waals surface area contributed by atoms with Crippen LogP contribution < -0.4 is 10.1 Å². The molecule has 0 bridgehead atoms. The third-order valence-electron chi connectivity index (χ3n) is 10.4. The standard InChI is InChI=1S/C31H39ClF2N6O4/c1-30(29(43)35-2)10-5-4-6-19(30)28(42)40-13-9-18-20(32)7-8-23(44-16-21-26(27(33)34)38(3)37-36-21)25(18)22(40)15-39-17-31(11-12-31)14-24(39)41/h7-8,19,22,27H,4-6,9-17H2,1-3H3,(H,35,43)/t19-,22+,30-/m1/s1. The molecular weight excluding hydrogens is 594 g/mol. The molecule has 1 aromatic carbocycles. The van der Waals surface area contributed by atoms with Gasteiger partial charge in [0.15, 0.2) is 0 Å². The number of fused-ring (bicyclic) bond motifs is 1. The molecule has 2 aliphatic carbocycles. The summed E-state index contributed by atoms with van der Waals surface area (Å²) in [7, 11) is 3.00. The Morgan fingerprint density at radius 2 is 2.00 bits per heavy atom. The molecule has 44 heavy (non-hydrogen) atoms. The van der Waals surface area contributed by atoms with Crippen LogP contribution in [0.1, 0.15) is 86.9 Å². The maximum Gasteiger partial charge on any atom is 0.282 e. The Morgan fingerprint density at radius 3 is 2.68 bits per heavy atom. The monoisotopic (exact) mass is 632 g/mol. The van der Waals surface area contributed by atoms with Gasteiger partial charge in [0.2, 0.25) is 17.7 Å². The van der Waals surface area contributed by atoms with Gasteiger partial charge in [-0.15, -0.1) is 5.10 Å². The van der Waals surface area contributed by atoms with Crippen LogP contribution in [-0.2, 0) is 34.5 Å². The zero-order valence-electron chi connectivity index (χ0n) is 25.4. The van der Waals surface area contributed by atoms with Crippen LogP contribution in [0.5, 0.6) is 5.75 Å². The first-order chi connectivity index (χ1) is 21.0. The zero-order valence-corrected chi connectivity index (χ0v) is 26.1. The Kier molecular flexibility index (Phi) is 8.09. The maximum atomic E-state index is 14.6. The smallest absolute Gasteiger partial charge is 0.282 e. The summed E-state index contributed by atoms with van der Waals surface area (Å²) in [5.41, 5.74) is 0.320. The molecular formula is C31H39ClF2N6O4. The van der Waals surface area contributed by atoms with Crippen LogP contribution in [0.2, 0.25) is 5.02 Å². The number of nitrogens with zero attached hydrogens (tertiary/aromatic N) is 5. The van der Waals surface area contributed by atoms with Crippen LogP contribution >= 0.6 is 11.6 Å². The number of likely N-dealkylation sites (tertiary alicyclic amines) is 1. The first kappa shape index (κ1) is 30.7. The van der Waals surface area contributed by atoms with E-state index in [2.05, 4.69) is 15.6 Å². The second-order valence-electron chi connectivity index (χ2n) is 13.1. The van der Waals surface area contributed by atoms with E-state index >= 15 is 0 Å². The molecule has 3 amide bonds. The minimum absolute atomic E-state index is 0.0143. The lowest BCUT2D eigenvalue weighted by Crippen LogP contribution is -2.54. The van der Waals surface area contributed by atoms with E-state index in [0.29, 0.717) is 55.1 Å². The molecule has 1 saturated heterocycles. The van der Waals surface area contributed by atoms with Gasteiger partial charge < -0.3 is 19.9 Å². The maximum absolute atomic E-state index is 14.6. The van der Waals surface area contributed by atoms with Crippen molar-refractivity contribution in [2.24, 2.45) is 23.8 Å². The predicted molar refractivity (Wildman–Crippen MR) is 157 cm³/mol. The van der Waals surface area contributed by atoms with Gasteiger partial charge in [-0.2, -0.15) is 0 Å². The first-order valence-electron chi connectivity index (χ1n) is 15.4. The molecule has 1 N–H and O–H groups in total. The van der Waals surface area contributed by atoms with E-state index in [-0.39, 0.29) is 47.7 Å². The number of hydrogen-bond acceptors (Lipinski definition) is 6. The van der Waals surface area contributed by atoms with Crippen molar-refractivity contribution in [1.29, 1.82) is 0 Å². The normalized spacial score (nSPS) is 25.8. The topological polar surface area (TPSA) is 110 Å². The van der Waals surface area contributed by atoms with Crippen LogP contribution in [-0.4, -0.2) is 69.2 Å². The zero-order chi connectivity index (χ0) is 31.4. The number of rotatable bonds is 8. The lowest BCUT2D eigenvalue weighted by molar-refractivity contribution is -0.153. The van der Waals surface area contributed by atoms with E-state index in [1.54, 1.807) is 24.1 Å². The van der Waals surface area contributed by atoms with E-state index in [1.165, 1.54) is 7.05 Å². The summed E-state index contributed by atoms with van der Waals surface area (Å²) in [6, 6.07) is 2.80. The van der Waals surface area contributed by atoms with E-state index in [9.17, 15) is 23.2 Å². The van der Waals surface area contributed by atoms with Gasteiger partial charge in [-0.05, 0) is 62.1 Å². The highest BCUT2D eigenvalue weighted by molar-refractivity contribution is 6.31. The van der Waals surface area contributed by atoms with Crippen LogP contribution in [0.4, 0.5) is 8.78 Å². The lowest BCUT2D eigenvalue weighted by atomic mass is 9.66. The van der Waals surface area contributed by atoms with Crippen LogP contribution in [0, 0.1) is 16.7 Å². The van der Waals surface area contributed by atoms with E-state index in [0.717, 1.165) is 35.9 Å². The molecule has 6 rings (SSSR count). The molecule has 13 heteroatoms. The summed E-state index contributed by atoms with van der Waals surface area (Å²) in [4.78, 5) is 44.6. The Labute approximate surface area is 260 Å². The predicted octanol–water partition coefficient (Wildman–Crippen LogP) is 4.37. The van der Waals surface area contributed by atoms with Crippen molar-refractivity contribution in [3.63, 3.8) is 0 Å². The number of halogens is 3. The fourth-order valence-corrected chi connectivity index (χ4v) is 7.90. The van der Waals surface area contributed by atoms with Gasteiger partial charge in [0.05, 0.1) is 17.4 Å². The van der Waals surface area contributed by atoms with Crippen molar-refractivity contribution >= 4 is 29.3 Å². The molecule has 238 valence electrons. The number of alkyl halides is 2. The molecule has 2 aromatic rings. The Hall–Kier alpha value is -3.28. The molecule has 3 atom stereocenters. The van der Waals surface area contributed by atoms with Gasteiger partial charge in [-0.25, -0.2) is 13.5 Å². The molecule has 1 spiro atoms. The molecule has 1 aromatic heterocycles. The van der Waals surface area contributed by atoms with Crippen molar-refractivity contribution in [3.05, 3.63) is 39.7 Å². The number of nitrogens with one attached hydrogen (secondary N) is 1. The van der Waals surface area contributed by atoms with Gasteiger partial charge in [0, 0.05) is 50.7 Å². The van der Waals surface area contributed by atoms with Crippen molar-refractivity contribution in [1.82, 2.24) is 30.1 Å². The molecule has 0 radical (unpaired) electrons. The molecule has 3 heterocycles. The lowest BCUT2D eigenvalue weighted by Gasteiger charge is -2.46. The first-order valence-corrected chi connectivity index (χ1v) is 15.8. The summed E-state index contributed by atoms with van der Waals surface area (Å²) >= 11 is 6.73. The Bertz CT molecular complexity index is 1480. The van der Waals surface area contributed by atoms with Crippen molar-refractivity contribution < 1.29 is 27.9 Å². The number of ether oxygens (including phenoxy) is 1. The number of benzene rings is 1. The number of aromatic nitrogens is 3. The summed E-state index contributed by atoms with van der Waals surface area (Å²) in [5.74, 6) is -0.357. The second kappa shape index (κ2) is 11.6. The average Bonchev–Trinajstić information content (AvgIpc) is 3.53. The highest BCUT2D eigenvalue weighted by Gasteiger charge is 2.53. The van der Waals surface area contributed by atoms with Crippen LogP contribution in [0.15, 0.2) is 12.1 Å². The largest absolute Gasteiger partial charge is 0.487 e. The number of aryl methyl sites for hydroxylation is 1. The molecule has 0 unspecified atom stereocenters. The fraction of sp³-hybridized carbons (Fsp3) is 0.645. The number of amides is 3. The number of hydrogen-bond donors (Lipinski definition) is 1. The summed E-state index contributed by atoms with van der Waals surface area (Å²) < 4.78 is 34.7. The van der Waals surface area contributed by atoms with Gasteiger partial charge >= 0.3 is 0 Å². The van der Waals surface area contributed by atoms with Crippen molar-refractivity contribution in [2.45, 2.75) is 77.4 Å². The number of carbonyl (C=O) groups excluding carboxylic acids is 3. The molecule has 4 aliphatic rings. The van der Waals surface area contributed by atoms with E-state index in [4.69, 9.17) is 16.3 Å². The van der Waals surface area contributed by atoms with Crippen molar-refractivity contribution in [3.8, 4) is 5.75 Å². The van der Waals surface area contributed by atoms with Crippen molar-refractivity contribution in [2.75, 3.05) is 26.7 Å². The third-order valence-corrected chi connectivity index (χ3v) is 10.7. The Balaban J connectivity index is 1.38. The minimum atomic E-state index is -2.78. The van der Waals surface area contributed by atoms with Gasteiger partial charge in [-0.1, -0.05) is 29.7 Å². The molecule has 10 nitrogen and oxygen atoms in total. The quantitative estimate of drug-likeness (QED) is 0.463. The number of carbonyl (C=O) groups is 3. The molecule has 2 aliphatic heterocycles. The highest BCUT2D eigenvalue weighted by atomic mass is 35.5. The van der Waals surface area contributed by atoms with Crippen LogP contribution in [0.3, 0.4) is 0 Å².